The maximum atomic E-state index is 13.2. The molecule has 17 heavy (non-hydrogen) atoms. The van der Waals surface area contributed by atoms with Crippen LogP contribution in [0.5, 0.6) is 0 Å². The van der Waals surface area contributed by atoms with Crippen molar-refractivity contribution >= 4 is 21.4 Å². The Morgan fingerprint density at radius 2 is 2.12 bits per heavy atom. The Kier molecular flexibility index (Phi) is 4.91. The number of nitrogens with one attached hydrogen (secondary N) is 1. The first-order chi connectivity index (χ1) is 7.83. The van der Waals surface area contributed by atoms with E-state index >= 15 is 0 Å². The van der Waals surface area contributed by atoms with Crippen molar-refractivity contribution in [1.82, 2.24) is 5.32 Å². The second-order valence-electron chi connectivity index (χ2n) is 4.00. The molecule has 0 spiro atoms. The lowest BCUT2D eigenvalue weighted by molar-refractivity contribution is 0.565. The molecule has 0 saturated carbocycles. The minimum atomic E-state index is -3.08. The third-order valence-electron chi connectivity index (χ3n) is 2.41. The molecule has 0 radical (unpaired) electrons. The van der Waals surface area contributed by atoms with Crippen LogP contribution in [0.25, 0.3) is 0 Å². The van der Waals surface area contributed by atoms with E-state index in [-0.39, 0.29) is 16.8 Å². The predicted molar refractivity (Wildman–Crippen MR) is 67.7 cm³/mol. The molecule has 3 nitrogen and oxygen atoms in total. The van der Waals surface area contributed by atoms with E-state index in [9.17, 15) is 12.8 Å². The highest BCUT2D eigenvalue weighted by Gasteiger charge is 2.16. The number of sulfone groups is 1. The third kappa shape index (κ3) is 4.61. The first-order valence-electron chi connectivity index (χ1n) is 5.11. The number of hydrogen-bond acceptors (Lipinski definition) is 3. The van der Waals surface area contributed by atoms with Gasteiger partial charge in [0.25, 0.3) is 0 Å². The van der Waals surface area contributed by atoms with Crippen LogP contribution in [-0.4, -0.2) is 33.5 Å². The van der Waals surface area contributed by atoms with E-state index in [4.69, 9.17) is 11.6 Å². The molecular weight excluding hydrogens is 265 g/mol. The molecule has 0 aliphatic carbocycles. The number of hydrogen-bond donors (Lipinski definition) is 1. The van der Waals surface area contributed by atoms with Gasteiger partial charge >= 0.3 is 0 Å². The highest BCUT2D eigenvalue weighted by molar-refractivity contribution is 7.90. The van der Waals surface area contributed by atoms with Crippen LogP contribution in [0.4, 0.5) is 4.39 Å². The molecule has 6 heteroatoms. The maximum absolute atomic E-state index is 13.2. The number of halogens is 2. The lowest BCUT2D eigenvalue weighted by atomic mass is 10.1. The average Bonchev–Trinajstić information content (AvgIpc) is 2.21. The summed E-state index contributed by atoms with van der Waals surface area (Å²) in [6, 6.07) is 4.25. The van der Waals surface area contributed by atoms with E-state index in [1.54, 1.807) is 19.2 Å². The van der Waals surface area contributed by atoms with Crippen molar-refractivity contribution in [2.45, 2.75) is 12.5 Å². The molecule has 1 atom stereocenters. The summed E-state index contributed by atoms with van der Waals surface area (Å²) in [6.07, 6.45) is 1.55. The van der Waals surface area contributed by atoms with Gasteiger partial charge in [-0.25, -0.2) is 12.8 Å². The summed E-state index contributed by atoms with van der Waals surface area (Å²) in [5.41, 5.74) is 0.606. The van der Waals surface area contributed by atoms with Gasteiger partial charge in [0, 0.05) is 12.3 Å². The Bertz CT molecular complexity index is 490. The largest absolute Gasteiger partial charge is 0.316 e. The Morgan fingerprint density at radius 1 is 1.47 bits per heavy atom. The minimum absolute atomic E-state index is 0.00363. The van der Waals surface area contributed by atoms with Crippen LogP contribution in [0.2, 0.25) is 5.02 Å². The van der Waals surface area contributed by atoms with Gasteiger partial charge in [0.1, 0.15) is 15.7 Å². The lowest BCUT2D eigenvalue weighted by Gasteiger charge is -2.16. The van der Waals surface area contributed by atoms with Gasteiger partial charge in [-0.15, -0.1) is 0 Å². The summed E-state index contributed by atoms with van der Waals surface area (Å²) in [5, 5.41) is 2.95. The predicted octanol–water partition coefficient (Wildman–Crippen LogP) is 1.65. The van der Waals surface area contributed by atoms with E-state index < -0.39 is 15.7 Å². The Morgan fingerprint density at radius 3 is 2.65 bits per heavy atom. The molecule has 0 fully saturated rings. The van der Waals surface area contributed by atoms with Gasteiger partial charge < -0.3 is 5.32 Å². The van der Waals surface area contributed by atoms with Gasteiger partial charge in [-0.05, 0) is 25.1 Å². The summed E-state index contributed by atoms with van der Waals surface area (Å²) >= 11 is 5.81. The van der Waals surface area contributed by atoms with Crippen LogP contribution < -0.4 is 5.32 Å². The monoisotopic (exact) mass is 279 g/mol. The number of rotatable bonds is 5. The van der Waals surface area contributed by atoms with Crippen LogP contribution in [0, 0.1) is 5.82 Å². The normalized spacial score (nSPS) is 13.6. The summed E-state index contributed by atoms with van der Waals surface area (Å²) in [6.45, 7) is 0. The van der Waals surface area contributed by atoms with Crippen molar-refractivity contribution in [3.63, 3.8) is 0 Å². The van der Waals surface area contributed by atoms with E-state index in [1.807, 2.05) is 0 Å². The van der Waals surface area contributed by atoms with Gasteiger partial charge in [-0.3, -0.25) is 0 Å². The number of likely N-dealkylation sites (N-methyl/N-ethyl adjacent to an activating group) is 1. The Labute approximate surface area is 106 Å². The molecule has 0 bridgehead atoms. The number of benzene rings is 1. The molecule has 1 N–H and O–H groups in total. The van der Waals surface area contributed by atoms with Crippen molar-refractivity contribution in [3.8, 4) is 0 Å². The minimum Gasteiger partial charge on any atom is -0.316 e. The summed E-state index contributed by atoms with van der Waals surface area (Å²) in [4.78, 5) is 0. The van der Waals surface area contributed by atoms with Crippen LogP contribution in [0.1, 0.15) is 5.56 Å². The lowest BCUT2D eigenvalue weighted by Crippen LogP contribution is -2.34. The fraction of sp³-hybridized carbons (Fsp3) is 0.455. The quantitative estimate of drug-likeness (QED) is 0.892. The van der Waals surface area contributed by atoms with Crippen molar-refractivity contribution in [2.24, 2.45) is 0 Å². The molecule has 96 valence electrons. The molecule has 1 rings (SSSR count). The summed E-state index contributed by atoms with van der Waals surface area (Å²) in [7, 11) is -1.41. The van der Waals surface area contributed by atoms with Crippen molar-refractivity contribution in [3.05, 3.63) is 34.6 Å². The van der Waals surface area contributed by atoms with Crippen molar-refractivity contribution in [1.29, 1.82) is 0 Å². The van der Waals surface area contributed by atoms with E-state index in [2.05, 4.69) is 5.32 Å². The topological polar surface area (TPSA) is 46.2 Å². The molecule has 0 aliphatic heterocycles. The summed E-state index contributed by atoms with van der Waals surface area (Å²) < 4.78 is 35.6. The zero-order chi connectivity index (χ0) is 13.1. The van der Waals surface area contributed by atoms with E-state index in [0.29, 0.717) is 12.0 Å². The van der Waals surface area contributed by atoms with Crippen LogP contribution >= 0.6 is 11.6 Å². The molecular formula is C11H15ClFNO2S. The smallest absolute Gasteiger partial charge is 0.148 e. The van der Waals surface area contributed by atoms with E-state index in [1.165, 1.54) is 12.3 Å². The van der Waals surface area contributed by atoms with Gasteiger partial charge in [0.2, 0.25) is 0 Å². The van der Waals surface area contributed by atoms with Gasteiger partial charge in [-0.1, -0.05) is 23.7 Å². The average molecular weight is 280 g/mol. The van der Waals surface area contributed by atoms with Crippen molar-refractivity contribution < 1.29 is 12.8 Å². The maximum Gasteiger partial charge on any atom is 0.148 e. The molecule has 1 unspecified atom stereocenters. The standard InChI is InChI=1S/C11H15ClFNO2S/c1-14-9(7-17(2,15)16)6-8-4-3-5-10(13)11(8)12/h3-5,9,14H,6-7H2,1-2H3. The van der Waals surface area contributed by atoms with Crippen LogP contribution in [0.15, 0.2) is 18.2 Å². The zero-order valence-electron chi connectivity index (χ0n) is 9.70. The highest BCUT2D eigenvalue weighted by atomic mass is 35.5. The van der Waals surface area contributed by atoms with Gasteiger partial charge in [-0.2, -0.15) is 0 Å². The molecule has 0 amide bonds. The van der Waals surface area contributed by atoms with E-state index in [0.717, 1.165) is 0 Å². The molecule has 0 aromatic heterocycles. The van der Waals surface area contributed by atoms with Gasteiger partial charge in [0.05, 0.1) is 10.8 Å². The molecule has 0 saturated heterocycles. The second-order valence-corrected chi connectivity index (χ2v) is 6.56. The molecule has 1 aromatic carbocycles. The van der Waals surface area contributed by atoms with Gasteiger partial charge in [0.15, 0.2) is 0 Å². The zero-order valence-corrected chi connectivity index (χ0v) is 11.3. The Hall–Kier alpha value is -0.650. The second kappa shape index (κ2) is 5.80. The molecule has 1 aromatic rings. The molecule has 0 heterocycles. The molecule has 0 aliphatic rings. The third-order valence-corrected chi connectivity index (χ3v) is 3.84. The van der Waals surface area contributed by atoms with Crippen molar-refractivity contribution in [2.75, 3.05) is 19.1 Å². The fourth-order valence-electron chi connectivity index (χ4n) is 1.58. The van der Waals surface area contributed by atoms with Crippen LogP contribution in [-0.2, 0) is 16.3 Å². The SMILES string of the molecule is CNC(Cc1cccc(F)c1Cl)CS(C)(=O)=O. The van der Waals surface area contributed by atoms with Crippen LogP contribution in [0.3, 0.4) is 0 Å². The first-order valence-corrected chi connectivity index (χ1v) is 7.55. The Balaban J connectivity index is 2.85. The summed E-state index contributed by atoms with van der Waals surface area (Å²) in [5.74, 6) is -0.491. The highest BCUT2D eigenvalue weighted by Crippen LogP contribution is 2.21. The first kappa shape index (κ1) is 14.4. The fourth-order valence-corrected chi connectivity index (χ4v) is 2.80.